The van der Waals surface area contributed by atoms with Crippen LogP contribution < -0.4 is 0 Å². The van der Waals surface area contributed by atoms with E-state index in [-0.39, 0.29) is 0 Å². The van der Waals surface area contributed by atoms with Crippen molar-refractivity contribution in [2.24, 2.45) is 52.3 Å². The molecule has 0 nitrogen and oxygen atoms in total. The first kappa shape index (κ1) is 14.6. The van der Waals surface area contributed by atoms with Crippen LogP contribution in [0.5, 0.6) is 0 Å². The van der Waals surface area contributed by atoms with Crippen molar-refractivity contribution in [2.75, 3.05) is 0 Å². The van der Waals surface area contributed by atoms with Gasteiger partial charge in [-0.25, -0.2) is 0 Å². The molecule has 0 aromatic carbocycles. The first-order chi connectivity index (χ1) is 9.88. The molecule has 0 radical (unpaired) electrons. The minimum Gasteiger partial charge on any atom is -0.0625 e. The zero-order valence-corrected chi connectivity index (χ0v) is 15.0. The van der Waals surface area contributed by atoms with Gasteiger partial charge in [-0.2, -0.15) is 0 Å². The topological polar surface area (TPSA) is 0 Å². The maximum absolute atomic E-state index is 2.68. The molecule has 8 atom stereocenters. The van der Waals surface area contributed by atoms with Gasteiger partial charge in [0.2, 0.25) is 0 Å². The van der Waals surface area contributed by atoms with Crippen molar-refractivity contribution in [2.45, 2.75) is 79.6 Å². The standard InChI is InChI=1S/C21H36/c1-13(2)16-8-9-18-15-6-7-17-14(3)12-21(17,5)19(15)10-11-20(16,18)4/h13-19H,6-12H2,1-5H3. The average Bonchev–Trinajstić information content (AvgIpc) is 2.75. The van der Waals surface area contributed by atoms with E-state index >= 15 is 0 Å². The summed E-state index contributed by atoms with van der Waals surface area (Å²) in [5.41, 5.74) is 1.42. The largest absolute Gasteiger partial charge is 0.0625 e. The molecular weight excluding hydrogens is 252 g/mol. The van der Waals surface area contributed by atoms with Crippen LogP contribution in [-0.2, 0) is 0 Å². The van der Waals surface area contributed by atoms with Crippen LogP contribution in [-0.4, -0.2) is 0 Å². The van der Waals surface area contributed by atoms with Crippen LogP contribution in [0.15, 0.2) is 0 Å². The fourth-order valence-electron chi connectivity index (χ4n) is 8.53. The van der Waals surface area contributed by atoms with Gasteiger partial charge in [-0.1, -0.05) is 34.6 Å². The lowest BCUT2D eigenvalue weighted by Crippen LogP contribution is -2.58. The Morgan fingerprint density at radius 3 is 2.14 bits per heavy atom. The predicted octanol–water partition coefficient (Wildman–Crippen LogP) is 6.16. The van der Waals surface area contributed by atoms with Gasteiger partial charge in [-0.05, 0) is 97.2 Å². The fourth-order valence-corrected chi connectivity index (χ4v) is 8.53. The van der Waals surface area contributed by atoms with Crippen LogP contribution in [0.1, 0.15) is 79.6 Å². The quantitative estimate of drug-likeness (QED) is 0.542. The van der Waals surface area contributed by atoms with Gasteiger partial charge in [0, 0.05) is 0 Å². The summed E-state index contributed by atoms with van der Waals surface area (Å²) in [5.74, 6) is 7.23. The van der Waals surface area contributed by atoms with Gasteiger partial charge in [0.05, 0.1) is 0 Å². The number of hydrogen-bond donors (Lipinski definition) is 0. The Kier molecular flexibility index (Phi) is 3.13. The highest BCUT2D eigenvalue weighted by atomic mass is 14.7. The lowest BCUT2D eigenvalue weighted by molar-refractivity contribution is -0.169. The number of fused-ring (bicyclic) bond motifs is 5. The van der Waals surface area contributed by atoms with Gasteiger partial charge in [-0.3, -0.25) is 0 Å². The molecule has 4 rings (SSSR count). The van der Waals surface area contributed by atoms with E-state index in [1.165, 1.54) is 12.8 Å². The monoisotopic (exact) mass is 288 g/mol. The Balaban J connectivity index is 1.61. The highest BCUT2D eigenvalue weighted by molar-refractivity contribution is 5.12. The third kappa shape index (κ3) is 1.74. The number of hydrogen-bond acceptors (Lipinski definition) is 0. The summed E-state index contributed by atoms with van der Waals surface area (Å²) in [6, 6.07) is 0. The second-order valence-corrected chi connectivity index (χ2v) is 10.2. The van der Waals surface area contributed by atoms with Crippen molar-refractivity contribution in [1.82, 2.24) is 0 Å². The molecule has 0 aliphatic heterocycles. The van der Waals surface area contributed by atoms with Gasteiger partial charge in [0.1, 0.15) is 0 Å². The Labute approximate surface area is 132 Å². The summed E-state index contributed by atoms with van der Waals surface area (Å²) in [6.07, 6.45) is 10.8. The van der Waals surface area contributed by atoms with E-state index in [0.29, 0.717) is 5.41 Å². The second kappa shape index (κ2) is 4.51. The van der Waals surface area contributed by atoms with Gasteiger partial charge in [0.25, 0.3) is 0 Å². The van der Waals surface area contributed by atoms with Crippen LogP contribution in [0.2, 0.25) is 0 Å². The minimum absolute atomic E-state index is 0.688. The maximum atomic E-state index is 2.68. The average molecular weight is 289 g/mol. The molecule has 0 heteroatoms. The second-order valence-electron chi connectivity index (χ2n) is 10.2. The number of rotatable bonds is 1. The molecule has 0 amide bonds. The Bertz CT molecular complexity index is 424. The van der Waals surface area contributed by atoms with Crippen LogP contribution in [0.4, 0.5) is 0 Å². The molecule has 4 saturated carbocycles. The molecule has 8 unspecified atom stereocenters. The molecule has 0 aromatic rings. The summed E-state index contributed by atoms with van der Waals surface area (Å²) in [6.45, 7) is 12.8. The van der Waals surface area contributed by atoms with E-state index in [4.69, 9.17) is 0 Å². The van der Waals surface area contributed by atoms with Gasteiger partial charge >= 0.3 is 0 Å². The maximum Gasteiger partial charge on any atom is -0.0261 e. The van der Waals surface area contributed by atoms with E-state index in [1.54, 1.807) is 32.1 Å². The molecule has 0 heterocycles. The lowest BCUT2D eigenvalue weighted by Gasteiger charge is -2.66. The summed E-state index contributed by atoms with van der Waals surface area (Å²) in [5, 5.41) is 0. The third-order valence-electron chi connectivity index (χ3n) is 9.27. The third-order valence-corrected chi connectivity index (χ3v) is 9.27. The van der Waals surface area contributed by atoms with E-state index in [9.17, 15) is 0 Å². The Morgan fingerprint density at radius 2 is 1.48 bits per heavy atom. The Morgan fingerprint density at radius 1 is 0.810 bits per heavy atom. The van der Waals surface area contributed by atoms with E-state index < -0.39 is 0 Å². The van der Waals surface area contributed by atoms with Crippen molar-refractivity contribution < 1.29 is 0 Å². The molecule has 0 spiro atoms. The van der Waals surface area contributed by atoms with E-state index in [1.807, 2.05) is 0 Å². The smallest absolute Gasteiger partial charge is 0.0261 e. The summed E-state index contributed by atoms with van der Waals surface area (Å²) in [7, 11) is 0. The first-order valence-corrected chi connectivity index (χ1v) is 9.88. The van der Waals surface area contributed by atoms with Crippen molar-refractivity contribution in [3.63, 3.8) is 0 Å². The van der Waals surface area contributed by atoms with Gasteiger partial charge in [0.15, 0.2) is 0 Å². The molecule has 0 bridgehead atoms. The highest BCUT2D eigenvalue weighted by Gasteiger charge is 2.63. The predicted molar refractivity (Wildman–Crippen MR) is 90.0 cm³/mol. The van der Waals surface area contributed by atoms with Gasteiger partial charge in [-0.15, -0.1) is 0 Å². The molecule has 0 N–H and O–H groups in total. The highest BCUT2D eigenvalue weighted by Crippen LogP contribution is 2.71. The van der Waals surface area contributed by atoms with E-state index in [2.05, 4.69) is 34.6 Å². The molecular formula is C21H36. The molecule has 0 saturated heterocycles. The summed E-state index contributed by atoms with van der Waals surface area (Å²) < 4.78 is 0. The van der Waals surface area contributed by atoms with Crippen LogP contribution in [0.25, 0.3) is 0 Å². The molecule has 4 aliphatic rings. The molecule has 21 heavy (non-hydrogen) atoms. The van der Waals surface area contributed by atoms with Crippen molar-refractivity contribution in [3.8, 4) is 0 Å². The summed E-state index contributed by atoms with van der Waals surface area (Å²) >= 11 is 0. The zero-order valence-electron chi connectivity index (χ0n) is 15.0. The molecule has 0 aromatic heterocycles. The SMILES string of the molecule is CC(C)C1CCC2C3CCC4C(C)CC4(C)C3CCC12C. The first-order valence-electron chi connectivity index (χ1n) is 9.88. The van der Waals surface area contributed by atoms with Gasteiger partial charge < -0.3 is 0 Å². The van der Waals surface area contributed by atoms with Crippen LogP contribution >= 0.6 is 0 Å². The van der Waals surface area contributed by atoms with E-state index in [0.717, 1.165) is 46.8 Å². The van der Waals surface area contributed by atoms with Crippen molar-refractivity contribution >= 4 is 0 Å². The Hall–Kier alpha value is 0. The normalized spacial score (nSPS) is 59.1. The molecule has 4 fully saturated rings. The van der Waals surface area contributed by atoms with Crippen molar-refractivity contribution in [3.05, 3.63) is 0 Å². The fraction of sp³-hybridized carbons (Fsp3) is 1.00. The van der Waals surface area contributed by atoms with Crippen LogP contribution in [0.3, 0.4) is 0 Å². The zero-order chi connectivity index (χ0) is 15.0. The minimum atomic E-state index is 0.688. The van der Waals surface area contributed by atoms with Crippen LogP contribution in [0, 0.1) is 52.3 Å². The molecule has 4 aliphatic carbocycles. The molecule has 120 valence electrons. The van der Waals surface area contributed by atoms with Crippen molar-refractivity contribution in [1.29, 1.82) is 0 Å². The lowest BCUT2D eigenvalue weighted by atomic mass is 9.39. The summed E-state index contributed by atoms with van der Waals surface area (Å²) in [4.78, 5) is 0.